The summed E-state index contributed by atoms with van der Waals surface area (Å²) in [4.78, 5) is 1.90. The van der Waals surface area contributed by atoms with Gasteiger partial charge in [0.25, 0.3) is 0 Å². The van der Waals surface area contributed by atoms with Gasteiger partial charge in [0.1, 0.15) is 11.6 Å². The van der Waals surface area contributed by atoms with Crippen LogP contribution >= 0.6 is 0 Å². The van der Waals surface area contributed by atoms with Crippen LogP contribution in [0.15, 0.2) is 42.5 Å². The zero-order valence-corrected chi connectivity index (χ0v) is 11.6. The molecule has 2 rings (SSSR count). The molecular weight excluding hydrogens is 275 g/mol. The van der Waals surface area contributed by atoms with Gasteiger partial charge in [0.2, 0.25) is 0 Å². The number of rotatable bonds is 5. The van der Waals surface area contributed by atoms with Crippen LogP contribution in [0.2, 0.25) is 0 Å². The molecule has 0 aliphatic heterocycles. The molecule has 0 bridgehead atoms. The van der Waals surface area contributed by atoms with Crippen molar-refractivity contribution in [3.05, 3.63) is 59.7 Å². The normalized spacial score (nSPS) is 10.5. The summed E-state index contributed by atoms with van der Waals surface area (Å²) in [7, 11) is -1.69. The number of benzene rings is 2. The third kappa shape index (κ3) is 3.80. The molecule has 0 fully saturated rings. The Balaban J connectivity index is 2.20. The Morgan fingerprint density at radius 2 is 1.71 bits per heavy atom. The zero-order chi connectivity index (χ0) is 15.4. The second kappa shape index (κ2) is 6.69. The van der Waals surface area contributed by atoms with Gasteiger partial charge < -0.3 is 14.9 Å². The van der Waals surface area contributed by atoms with E-state index < -0.39 is 12.9 Å². The molecule has 2 aromatic rings. The third-order valence-corrected chi connectivity index (χ3v) is 3.31. The van der Waals surface area contributed by atoms with Crippen LogP contribution in [0.4, 0.5) is 14.5 Å². The van der Waals surface area contributed by atoms with E-state index in [0.29, 0.717) is 18.7 Å². The first-order chi connectivity index (χ1) is 10.0. The molecule has 0 unspecified atom stereocenters. The van der Waals surface area contributed by atoms with Gasteiger partial charge in [0.15, 0.2) is 0 Å². The van der Waals surface area contributed by atoms with Crippen LogP contribution < -0.4 is 10.4 Å². The van der Waals surface area contributed by atoms with Crippen molar-refractivity contribution in [2.45, 2.75) is 13.5 Å². The Labute approximate surface area is 122 Å². The van der Waals surface area contributed by atoms with Crippen LogP contribution in [0.25, 0.3) is 0 Å². The Morgan fingerprint density at radius 1 is 1.05 bits per heavy atom. The molecule has 110 valence electrons. The van der Waals surface area contributed by atoms with Gasteiger partial charge in [-0.1, -0.05) is 12.1 Å². The molecular formula is C15H16BF2NO2. The molecule has 3 nitrogen and oxygen atoms in total. The predicted octanol–water partition coefficient (Wildman–Crippen LogP) is 1.67. The molecule has 2 N–H and O–H groups in total. The van der Waals surface area contributed by atoms with E-state index in [4.69, 9.17) is 10.0 Å². The first kappa shape index (κ1) is 15.5. The fraction of sp³-hybridized carbons (Fsp3) is 0.200. The Morgan fingerprint density at radius 3 is 2.24 bits per heavy atom. The third-order valence-electron chi connectivity index (χ3n) is 3.31. The van der Waals surface area contributed by atoms with Crippen LogP contribution in [0.5, 0.6) is 0 Å². The van der Waals surface area contributed by atoms with Gasteiger partial charge >= 0.3 is 7.12 Å². The summed E-state index contributed by atoms with van der Waals surface area (Å²) >= 11 is 0. The topological polar surface area (TPSA) is 43.7 Å². The predicted molar refractivity (Wildman–Crippen MR) is 79.3 cm³/mol. The SMILES string of the molecule is CCN(Cc1ccc(B(O)O)cc1F)c1ccc(F)cc1. The first-order valence-electron chi connectivity index (χ1n) is 6.66. The molecule has 0 amide bonds. The number of halogens is 2. The summed E-state index contributed by atoms with van der Waals surface area (Å²) in [6, 6.07) is 10.1. The van der Waals surface area contributed by atoms with E-state index in [-0.39, 0.29) is 11.3 Å². The number of hydrogen-bond donors (Lipinski definition) is 2. The highest BCUT2D eigenvalue weighted by Crippen LogP contribution is 2.18. The lowest BCUT2D eigenvalue weighted by atomic mass is 9.80. The Bertz CT molecular complexity index is 605. The summed E-state index contributed by atoms with van der Waals surface area (Å²) in [6.07, 6.45) is 0. The molecule has 0 heterocycles. The largest absolute Gasteiger partial charge is 0.488 e. The quantitative estimate of drug-likeness (QED) is 0.824. The molecule has 0 aromatic heterocycles. The molecule has 0 aliphatic carbocycles. The summed E-state index contributed by atoms with van der Waals surface area (Å²) in [6.45, 7) is 2.87. The van der Waals surface area contributed by atoms with Gasteiger partial charge in [-0.05, 0) is 42.7 Å². The van der Waals surface area contributed by atoms with Crippen molar-refractivity contribution < 1.29 is 18.8 Å². The van der Waals surface area contributed by atoms with Gasteiger partial charge in [-0.2, -0.15) is 0 Å². The van der Waals surface area contributed by atoms with E-state index >= 15 is 0 Å². The van der Waals surface area contributed by atoms with Crippen molar-refractivity contribution in [2.24, 2.45) is 0 Å². The molecule has 6 heteroatoms. The van der Waals surface area contributed by atoms with Crippen molar-refractivity contribution in [3.63, 3.8) is 0 Å². The minimum absolute atomic E-state index is 0.112. The smallest absolute Gasteiger partial charge is 0.423 e. The number of anilines is 1. The minimum Gasteiger partial charge on any atom is -0.423 e. The monoisotopic (exact) mass is 291 g/mol. The van der Waals surface area contributed by atoms with Crippen molar-refractivity contribution in [1.82, 2.24) is 0 Å². The van der Waals surface area contributed by atoms with Crippen LogP contribution in [0, 0.1) is 11.6 Å². The summed E-state index contributed by atoms with van der Waals surface area (Å²) < 4.78 is 26.9. The van der Waals surface area contributed by atoms with Crippen LogP contribution in [-0.2, 0) is 6.54 Å². The molecule has 0 saturated carbocycles. The van der Waals surface area contributed by atoms with Crippen molar-refractivity contribution in [1.29, 1.82) is 0 Å². The Kier molecular flexibility index (Phi) is 4.93. The number of nitrogens with zero attached hydrogens (tertiary/aromatic N) is 1. The van der Waals surface area contributed by atoms with E-state index in [1.165, 1.54) is 24.3 Å². The molecule has 21 heavy (non-hydrogen) atoms. The highest BCUT2D eigenvalue weighted by Gasteiger charge is 2.15. The zero-order valence-electron chi connectivity index (χ0n) is 11.6. The van der Waals surface area contributed by atoms with Gasteiger partial charge in [-0.15, -0.1) is 0 Å². The van der Waals surface area contributed by atoms with Crippen molar-refractivity contribution in [3.8, 4) is 0 Å². The molecule has 2 aromatic carbocycles. The molecule has 0 saturated heterocycles. The Hall–Kier alpha value is -1.92. The van der Waals surface area contributed by atoms with Crippen molar-refractivity contribution in [2.75, 3.05) is 11.4 Å². The van der Waals surface area contributed by atoms with E-state index in [0.717, 1.165) is 11.8 Å². The maximum absolute atomic E-state index is 14.0. The number of hydrogen-bond acceptors (Lipinski definition) is 3. The van der Waals surface area contributed by atoms with Gasteiger partial charge in [-0.3, -0.25) is 0 Å². The highest BCUT2D eigenvalue weighted by molar-refractivity contribution is 6.58. The average molecular weight is 291 g/mol. The van der Waals surface area contributed by atoms with E-state index in [1.807, 2.05) is 11.8 Å². The summed E-state index contributed by atoms with van der Waals surface area (Å²) in [5, 5.41) is 18.0. The van der Waals surface area contributed by atoms with Gasteiger partial charge in [-0.25, -0.2) is 8.78 Å². The summed E-state index contributed by atoms with van der Waals surface area (Å²) in [5.41, 5.74) is 1.34. The summed E-state index contributed by atoms with van der Waals surface area (Å²) in [5.74, 6) is -0.816. The highest BCUT2D eigenvalue weighted by atomic mass is 19.1. The van der Waals surface area contributed by atoms with E-state index in [1.54, 1.807) is 12.1 Å². The standard InChI is InChI=1S/C15H16BF2NO2/c1-2-19(14-7-5-13(17)6-8-14)10-11-3-4-12(16(20)21)9-15(11)18/h3-9,20-21H,2,10H2,1H3. The molecule has 0 atom stereocenters. The maximum atomic E-state index is 14.0. The maximum Gasteiger partial charge on any atom is 0.488 e. The minimum atomic E-state index is -1.69. The second-order valence-electron chi connectivity index (χ2n) is 4.72. The first-order valence-corrected chi connectivity index (χ1v) is 6.66. The van der Waals surface area contributed by atoms with Crippen LogP contribution in [0.3, 0.4) is 0 Å². The lowest BCUT2D eigenvalue weighted by Crippen LogP contribution is -2.31. The van der Waals surface area contributed by atoms with E-state index in [9.17, 15) is 8.78 Å². The molecule has 0 spiro atoms. The van der Waals surface area contributed by atoms with E-state index in [2.05, 4.69) is 0 Å². The lowest BCUT2D eigenvalue weighted by molar-refractivity contribution is 0.425. The van der Waals surface area contributed by atoms with Crippen molar-refractivity contribution >= 4 is 18.3 Å². The molecule has 0 radical (unpaired) electrons. The average Bonchev–Trinajstić information content (AvgIpc) is 2.47. The van der Waals surface area contributed by atoms with Crippen LogP contribution in [0.1, 0.15) is 12.5 Å². The fourth-order valence-corrected chi connectivity index (χ4v) is 2.10. The fourth-order valence-electron chi connectivity index (χ4n) is 2.10. The van der Waals surface area contributed by atoms with Crippen LogP contribution in [-0.4, -0.2) is 23.7 Å². The van der Waals surface area contributed by atoms with Gasteiger partial charge in [0.05, 0.1) is 0 Å². The van der Waals surface area contributed by atoms with Gasteiger partial charge in [0, 0.05) is 24.3 Å². The molecule has 0 aliphatic rings. The lowest BCUT2D eigenvalue weighted by Gasteiger charge is -2.23. The second-order valence-corrected chi connectivity index (χ2v) is 4.72.